The molecule has 0 fully saturated rings. The molecule has 0 bridgehead atoms. The van der Waals surface area contributed by atoms with Crippen molar-refractivity contribution in [2.24, 2.45) is 0 Å². The molecule has 0 aliphatic rings. The Kier molecular flexibility index (Phi) is 3.74. The summed E-state index contributed by atoms with van der Waals surface area (Å²) in [7, 11) is 0. The first-order valence-electron chi connectivity index (χ1n) is 4.84. The fourth-order valence-electron chi connectivity index (χ4n) is 1.07. The molecule has 0 unspecified atom stereocenters. The fraction of sp³-hybridized carbons (Fsp3) is 0.333. The van der Waals surface area contributed by atoms with Gasteiger partial charge in [0.2, 0.25) is 5.28 Å². The molecule has 16 heavy (non-hydrogen) atoms. The summed E-state index contributed by atoms with van der Waals surface area (Å²) in [6.45, 7) is 2.10. The Morgan fingerprint density at radius 1 is 1.38 bits per heavy atom. The van der Waals surface area contributed by atoms with E-state index in [9.17, 15) is 0 Å². The van der Waals surface area contributed by atoms with Crippen LogP contribution in [0.1, 0.15) is 13.3 Å². The molecule has 2 rings (SSSR count). The second kappa shape index (κ2) is 5.27. The predicted molar refractivity (Wildman–Crippen MR) is 63.0 cm³/mol. The normalized spacial score (nSPS) is 10.6. The van der Waals surface area contributed by atoms with E-state index in [1.165, 1.54) is 0 Å². The first-order valence-corrected chi connectivity index (χ1v) is 6.20. The molecule has 0 spiro atoms. The first kappa shape index (κ1) is 11.3. The summed E-state index contributed by atoms with van der Waals surface area (Å²) in [5, 5.41) is 4.87. The van der Waals surface area contributed by atoms with Crippen LogP contribution in [0.3, 0.4) is 0 Å². The van der Waals surface area contributed by atoms with E-state index in [0.717, 1.165) is 12.2 Å². The van der Waals surface area contributed by atoms with Crippen molar-refractivity contribution in [3.8, 4) is 5.95 Å². The lowest BCUT2D eigenvalue weighted by atomic mass is 10.6. The maximum absolute atomic E-state index is 5.83. The highest BCUT2D eigenvalue weighted by Crippen LogP contribution is 2.16. The van der Waals surface area contributed by atoms with Crippen LogP contribution in [0.5, 0.6) is 0 Å². The van der Waals surface area contributed by atoms with Gasteiger partial charge in [0.25, 0.3) is 5.95 Å². The minimum atomic E-state index is 0.194. The van der Waals surface area contributed by atoms with Crippen molar-refractivity contribution in [3.63, 3.8) is 0 Å². The Bertz CT molecular complexity index is 459. The van der Waals surface area contributed by atoms with Gasteiger partial charge < -0.3 is 0 Å². The Morgan fingerprint density at radius 3 is 2.94 bits per heavy atom. The Balaban J connectivity index is 2.29. The van der Waals surface area contributed by atoms with Crippen molar-refractivity contribution >= 4 is 23.4 Å². The zero-order valence-corrected chi connectivity index (χ0v) is 10.2. The minimum absolute atomic E-state index is 0.194. The highest BCUT2D eigenvalue weighted by atomic mass is 35.5. The molecule has 5 nitrogen and oxygen atoms in total. The number of halogens is 1. The average Bonchev–Trinajstić information content (AvgIpc) is 2.79. The molecular formula is C9H10ClN5S. The third kappa shape index (κ3) is 2.70. The Morgan fingerprint density at radius 2 is 2.25 bits per heavy atom. The van der Waals surface area contributed by atoms with Crippen molar-refractivity contribution in [2.45, 2.75) is 18.5 Å². The number of hydrogen-bond donors (Lipinski definition) is 0. The van der Waals surface area contributed by atoms with Crippen LogP contribution in [0.2, 0.25) is 5.28 Å². The lowest BCUT2D eigenvalue weighted by molar-refractivity contribution is 0.758. The monoisotopic (exact) mass is 255 g/mol. The molecule has 2 heterocycles. The van der Waals surface area contributed by atoms with Gasteiger partial charge in [0.05, 0.1) is 0 Å². The number of rotatable bonds is 4. The molecule has 0 aliphatic heterocycles. The maximum Gasteiger partial charge on any atom is 0.255 e. The summed E-state index contributed by atoms with van der Waals surface area (Å²) in [5.41, 5.74) is 0. The Hall–Kier alpha value is -1.14. The SMILES string of the molecule is CCCSc1nc(Cl)nc(-n2cccn2)n1. The summed E-state index contributed by atoms with van der Waals surface area (Å²) in [5.74, 6) is 1.41. The molecule has 0 aliphatic carbocycles. The number of thioether (sulfide) groups is 1. The molecule has 0 aromatic carbocycles. The second-order valence-electron chi connectivity index (χ2n) is 2.99. The van der Waals surface area contributed by atoms with Gasteiger partial charge in [-0.25, -0.2) is 4.68 Å². The second-order valence-corrected chi connectivity index (χ2v) is 4.39. The van der Waals surface area contributed by atoms with Crippen LogP contribution in [0.25, 0.3) is 5.95 Å². The number of aromatic nitrogens is 5. The van der Waals surface area contributed by atoms with Crippen LogP contribution < -0.4 is 0 Å². The third-order valence-corrected chi connectivity index (χ3v) is 2.94. The summed E-state index contributed by atoms with van der Waals surface area (Å²) >= 11 is 7.39. The molecule has 0 saturated heterocycles. The van der Waals surface area contributed by atoms with Gasteiger partial charge in [0.15, 0.2) is 5.16 Å². The molecule has 0 atom stereocenters. The average molecular weight is 256 g/mol. The number of hydrogen-bond acceptors (Lipinski definition) is 5. The molecule has 0 amide bonds. The van der Waals surface area contributed by atoms with Crippen molar-refractivity contribution in [1.82, 2.24) is 24.7 Å². The van der Waals surface area contributed by atoms with Crippen LogP contribution >= 0.6 is 23.4 Å². The highest BCUT2D eigenvalue weighted by Gasteiger charge is 2.06. The van der Waals surface area contributed by atoms with Gasteiger partial charge >= 0.3 is 0 Å². The zero-order valence-electron chi connectivity index (χ0n) is 8.67. The van der Waals surface area contributed by atoms with Crippen molar-refractivity contribution in [2.75, 3.05) is 5.75 Å². The quantitative estimate of drug-likeness (QED) is 0.784. The van der Waals surface area contributed by atoms with Crippen LogP contribution in [0.15, 0.2) is 23.6 Å². The van der Waals surface area contributed by atoms with E-state index in [2.05, 4.69) is 27.0 Å². The van der Waals surface area contributed by atoms with Gasteiger partial charge in [-0.2, -0.15) is 20.1 Å². The van der Waals surface area contributed by atoms with E-state index in [0.29, 0.717) is 11.1 Å². The summed E-state index contributed by atoms with van der Waals surface area (Å²) in [6.07, 6.45) is 4.49. The maximum atomic E-state index is 5.83. The van der Waals surface area contributed by atoms with Crippen molar-refractivity contribution in [1.29, 1.82) is 0 Å². The van der Waals surface area contributed by atoms with Crippen LogP contribution in [-0.2, 0) is 0 Å². The van der Waals surface area contributed by atoms with Crippen LogP contribution in [0, 0.1) is 0 Å². The Labute approximate surface area is 102 Å². The molecule has 2 aromatic heterocycles. The van der Waals surface area contributed by atoms with E-state index in [-0.39, 0.29) is 5.28 Å². The van der Waals surface area contributed by atoms with Gasteiger partial charge in [-0.1, -0.05) is 18.7 Å². The van der Waals surface area contributed by atoms with Crippen LogP contribution in [-0.4, -0.2) is 30.5 Å². The van der Waals surface area contributed by atoms with Gasteiger partial charge in [0, 0.05) is 18.1 Å². The van der Waals surface area contributed by atoms with E-state index in [1.807, 2.05) is 0 Å². The highest BCUT2D eigenvalue weighted by molar-refractivity contribution is 7.99. The molecule has 0 saturated carbocycles. The molecule has 0 radical (unpaired) electrons. The molecule has 2 aromatic rings. The lowest BCUT2D eigenvalue weighted by Crippen LogP contribution is -2.04. The molecular weight excluding hydrogens is 246 g/mol. The summed E-state index contributed by atoms with van der Waals surface area (Å²) in [4.78, 5) is 12.3. The zero-order chi connectivity index (χ0) is 11.4. The predicted octanol–water partition coefficient (Wildman–Crippen LogP) is 2.21. The van der Waals surface area contributed by atoms with E-state index >= 15 is 0 Å². The molecule has 0 N–H and O–H groups in total. The van der Waals surface area contributed by atoms with Crippen molar-refractivity contribution in [3.05, 3.63) is 23.7 Å². The van der Waals surface area contributed by atoms with Gasteiger partial charge in [-0.05, 0) is 24.1 Å². The fourth-order valence-corrected chi connectivity index (χ4v) is 1.96. The van der Waals surface area contributed by atoms with E-state index in [4.69, 9.17) is 11.6 Å². The number of nitrogens with zero attached hydrogens (tertiary/aromatic N) is 5. The lowest BCUT2D eigenvalue weighted by Gasteiger charge is -2.02. The standard InChI is InChI=1S/C9H10ClN5S/c1-2-6-16-9-13-7(10)12-8(14-9)15-5-3-4-11-15/h3-5H,2,6H2,1H3. The van der Waals surface area contributed by atoms with E-state index in [1.54, 1.807) is 34.9 Å². The van der Waals surface area contributed by atoms with E-state index < -0.39 is 0 Å². The summed E-state index contributed by atoms with van der Waals surface area (Å²) in [6, 6.07) is 1.80. The van der Waals surface area contributed by atoms with Gasteiger partial charge in [0.1, 0.15) is 0 Å². The van der Waals surface area contributed by atoms with Crippen LogP contribution in [0.4, 0.5) is 0 Å². The topological polar surface area (TPSA) is 56.5 Å². The van der Waals surface area contributed by atoms with Gasteiger partial charge in [-0.15, -0.1) is 0 Å². The largest absolute Gasteiger partial charge is 0.255 e. The first-order chi connectivity index (χ1) is 7.79. The third-order valence-electron chi connectivity index (χ3n) is 1.72. The smallest absolute Gasteiger partial charge is 0.206 e. The minimum Gasteiger partial charge on any atom is -0.206 e. The summed E-state index contributed by atoms with van der Waals surface area (Å²) < 4.78 is 1.56. The van der Waals surface area contributed by atoms with Gasteiger partial charge in [-0.3, -0.25) is 0 Å². The van der Waals surface area contributed by atoms with Crippen molar-refractivity contribution < 1.29 is 0 Å². The molecule has 84 valence electrons. The molecule has 7 heteroatoms.